The molecular formula is C33H48FN5O6. The third kappa shape index (κ3) is 8.33. The van der Waals surface area contributed by atoms with Crippen LogP contribution in [0.1, 0.15) is 70.3 Å². The van der Waals surface area contributed by atoms with Gasteiger partial charge in [-0.05, 0) is 70.7 Å². The van der Waals surface area contributed by atoms with Crippen LogP contribution in [0.2, 0.25) is 0 Å². The molecule has 2 unspecified atom stereocenters. The van der Waals surface area contributed by atoms with Gasteiger partial charge >= 0.3 is 6.09 Å². The van der Waals surface area contributed by atoms with Crippen LogP contribution in [0.15, 0.2) is 24.3 Å². The molecule has 2 atom stereocenters. The molecule has 0 spiro atoms. The van der Waals surface area contributed by atoms with E-state index in [1.807, 2.05) is 0 Å². The molecule has 1 N–H and O–H groups in total. The third-order valence-corrected chi connectivity index (χ3v) is 8.81. The quantitative estimate of drug-likeness (QED) is 0.448. The highest BCUT2D eigenvalue weighted by atomic mass is 19.1. The number of rotatable bonds is 9. The summed E-state index contributed by atoms with van der Waals surface area (Å²) in [5.41, 5.74) is 0.369. The zero-order valence-electron chi connectivity index (χ0n) is 27.4. The van der Waals surface area contributed by atoms with Crippen LogP contribution in [0.5, 0.6) is 0 Å². The smallest absolute Gasteiger partial charge is 0.410 e. The van der Waals surface area contributed by atoms with E-state index in [1.165, 1.54) is 24.1 Å². The molecule has 2 aliphatic rings. The molecule has 1 aliphatic heterocycles. The van der Waals surface area contributed by atoms with E-state index in [9.17, 15) is 23.6 Å². The van der Waals surface area contributed by atoms with Crippen molar-refractivity contribution in [2.75, 3.05) is 46.9 Å². The maximum absolute atomic E-state index is 14.1. The number of ether oxygens (including phenoxy) is 2. The highest BCUT2D eigenvalue weighted by molar-refractivity contribution is 5.99. The fourth-order valence-corrected chi connectivity index (χ4v) is 6.11. The molecule has 2 fully saturated rings. The minimum Gasteiger partial charge on any atom is -0.444 e. The second kappa shape index (κ2) is 14.6. The fourth-order valence-electron chi connectivity index (χ4n) is 6.11. The number of likely N-dealkylation sites (N-methyl/N-ethyl adjacent to an activating group) is 1. The largest absolute Gasteiger partial charge is 0.444 e. The molecule has 11 nitrogen and oxygen atoms in total. The van der Waals surface area contributed by atoms with E-state index in [0.29, 0.717) is 50.5 Å². The molecule has 4 rings (SSSR count). The van der Waals surface area contributed by atoms with Crippen LogP contribution in [0.4, 0.5) is 9.18 Å². The van der Waals surface area contributed by atoms with Crippen molar-refractivity contribution in [2.45, 2.75) is 84.0 Å². The normalized spacial score (nSPS) is 17.6. The summed E-state index contributed by atoms with van der Waals surface area (Å²) in [7, 11) is 3.09. The van der Waals surface area contributed by atoms with Gasteiger partial charge in [0.05, 0.1) is 12.1 Å². The number of hydrogen-bond acceptors (Lipinski definition) is 6. The predicted octanol–water partition coefficient (Wildman–Crippen LogP) is 4.03. The van der Waals surface area contributed by atoms with Crippen molar-refractivity contribution in [2.24, 2.45) is 5.92 Å². The van der Waals surface area contributed by atoms with E-state index in [0.717, 1.165) is 37.5 Å². The van der Waals surface area contributed by atoms with Crippen LogP contribution in [-0.2, 0) is 25.6 Å². The van der Waals surface area contributed by atoms with E-state index in [-0.39, 0.29) is 23.5 Å². The number of carbonyl (C=O) groups excluding carboxylic acids is 4. The summed E-state index contributed by atoms with van der Waals surface area (Å²) in [5, 5.41) is 3.75. The summed E-state index contributed by atoms with van der Waals surface area (Å²) in [6.07, 6.45) is 4.12. The summed E-state index contributed by atoms with van der Waals surface area (Å²) in [6.45, 7) is 8.96. The van der Waals surface area contributed by atoms with Crippen LogP contribution in [-0.4, -0.2) is 108 Å². The Morgan fingerprint density at radius 3 is 2.29 bits per heavy atom. The third-order valence-electron chi connectivity index (χ3n) is 8.81. The molecule has 2 aromatic rings. The molecular weight excluding hydrogens is 581 g/mol. The van der Waals surface area contributed by atoms with Crippen LogP contribution in [0.3, 0.4) is 0 Å². The maximum atomic E-state index is 14.1. The van der Waals surface area contributed by atoms with Crippen LogP contribution >= 0.6 is 0 Å². The minimum absolute atomic E-state index is 0.00854. The molecule has 1 aromatic carbocycles. The molecule has 0 radical (unpaired) electrons. The average molecular weight is 630 g/mol. The number of halogens is 1. The van der Waals surface area contributed by atoms with Crippen molar-refractivity contribution in [1.29, 1.82) is 0 Å². The minimum atomic E-state index is -0.841. The van der Waals surface area contributed by atoms with Crippen molar-refractivity contribution in [3.63, 3.8) is 0 Å². The Bertz CT molecular complexity index is 1370. The molecule has 4 amide bonds. The lowest BCUT2D eigenvalue weighted by molar-refractivity contribution is -0.140. The number of hydrogen-bond donors (Lipinski definition) is 1. The number of methoxy groups -OCH3 is 1. The lowest BCUT2D eigenvalue weighted by Gasteiger charge is -2.39. The number of amides is 4. The molecule has 1 saturated carbocycles. The Labute approximate surface area is 265 Å². The van der Waals surface area contributed by atoms with E-state index in [4.69, 9.17) is 9.47 Å². The summed E-state index contributed by atoms with van der Waals surface area (Å²) in [6, 6.07) is 4.66. The predicted molar refractivity (Wildman–Crippen MR) is 168 cm³/mol. The average Bonchev–Trinajstić information content (AvgIpc) is 3.38. The SMILES string of the molecule is COCCn1c(C(=O)N2CCN(C(=O)C(NC(=O)C(C)N(C)C(=O)OC(C)(C)C)C3CCCCC3)CC2)cc2ccc(F)cc21. The van der Waals surface area contributed by atoms with Gasteiger partial charge in [-0.25, -0.2) is 9.18 Å². The van der Waals surface area contributed by atoms with Gasteiger partial charge in [-0.15, -0.1) is 0 Å². The first-order valence-corrected chi connectivity index (χ1v) is 15.9. The summed E-state index contributed by atoms with van der Waals surface area (Å²) in [4.78, 5) is 58.3. The van der Waals surface area contributed by atoms with E-state index < -0.39 is 29.7 Å². The number of piperazine rings is 1. The van der Waals surface area contributed by atoms with Crippen LogP contribution < -0.4 is 5.32 Å². The van der Waals surface area contributed by atoms with Gasteiger partial charge in [0.2, 0.25) is 11.8 Å². The lowest BCUT2D eigenvalue weighted by atomic mass is 9.83. The second-order valence-corrected chi connectivity index (χ2v) is 13.1. The molecule has 248 valence electrons. The monoisotopic (exact) mass is 629 g/mol. The van der Waals surface area contributed by atoms with Crippen LogP contribution in [0.25, 0.3) is 10.9 Å². The number of benzene rings is 1. The molecule has 1 saturated heterocycles. The molecule has 12 heteroatoms. The molecule has 1 aliphatic carbocycles. The van der Waals surface area contributed by atoms with E-state index in [2.05, 4.69) is 5.32 Å². The van der Waals surface area contributed by atoms with Crippen LogP contribution in [0, 0.1) is 11.7 Å². The fraction of sp³-hybridized carbons (Fsp3) is 0.636. The van der Waals surface area contributed by atoms with Gasteiger partial charge in [-0.1, -0.05) is 19.3 Å². The van der Waals surface area contributed by atoms with Gasteiger partial charge in [0.15, 0.2) is 0 Å². The van der Waals surface area contributed by atoms with E-state index >= 15 is 0 Å². The number of carbonyl (C=O) groups is 4. The zero-order valence-corrected chi connectivity index (χ0v) is 27.4. The number of fused-ring (bicyclic) bond motifs is 1. The van der Waals surface area contributed by atoms with Crippen molar-refractivity contribution >= 4 is 34.7 Å². The molecule has 2 heterocycles. The number of aromatic nitrogens is 1. The highest BCUT2D eigenvalue weighted by Crippen LogP contribution is 2.28. The second-order valence-electron chi connectivity index (χ2n) is 13.1. The molecule has 45 heavy (non-hydrogen) atoms. The van der Waals surface area contributed by atoms with Crippen molar-refractivity contribution < 1.29 is 33.0 Å². The first kappa shape index (κ1) is 34.2. The number of nitrogens with zero attached hydrogens (tertiary/aromatic N) is 4. The van der Waals surface area contributed by atoms with Gasteiger partial charge in [0.1, 0.15) is 29.2 Å². The van der Waals surface area contributed by atoms with Gasteiger partial charge in [0, 0.05) is 52.3 Å². The Balaban J connectivity index is 1.45. The van der Waals surface area contributed by atoms with Gasteiger partial charge in [-0.2, -0.15) is 0 Å². The lowest BCUT2D eigenvalue weighted by Crippen LogP contribution is -2.59. The standard InChI is InChI=1S/C33H48FN5O6/c1-22(36(5)32(43)45-33(2,3)4)29(40)35-28(23-10-8-7-9-11-23)31(42)38-16-14-37(15-17-38)30(41)27-20-24-12-13-25(34)21-26(24)39(27)18-19-44-6/h12-13,20-23,28H,7-11,14-19H2,1-6H3,(H,35,40). The van der Waals surface area contributed by atoms with Gasteiger partial charge < -0.3 is 29.2 Å². The van der Waals surface area contributed by atoms with Crippen molar-refractivity contribution in [3.05, 3.63) is 35.8 Å². The molecule has 1 aromatic heterocycles. The Hall–Kier alpha value is -3.67. The van der Waals surface area contributed by atoms with Crippen molar-refractivity contribution in [1.82, 2.24) is 24.6 Å². The first-order chi connectivity index (χ1) is 21.3. The van der Waals surface area contributed by atoms with Crippen molar-refractivity contribution in [3.8, 4) is 0 Å². The maximum Gasteiger partial charge on any atom is 0.410 e. The summed E-state index contributed by atoms with van der Waals surface area (Å²) in [5.74, 6) is -1.16. The first-order valence-electron chi connectivity index (χ1n) is 15.9. The molecule has 0 bridgehead atoms. The number of nitrogens with one attached hydrogen (secondary N) is 1. The highest BCUT2D eigenvalue weighted by Gasteiger charge is 2.38. The van der Waals surface area contributed by atoms with E-state index in [1.54, 1.807) is 61.3 Å². The Kier molecular flexibility index (Phi) is 11.1. The van der Waals surface area contributed by atoms with Gasteiger partial charge in [0.25, 0.3) is 5.91 Å². The summed E-state index contributed by atoms with van der Waals surface area (Å²) < 4.78 is 26.5. The topological polar surface area (TPSA) is 113 Å². The van der Waals surface area contributed by atoms with Gasteiger partial charge in [-0.3, -0.25) is 19.3 Å². The Morgan fingerprint density at radius 1 is 1.02 bits per heavy atom. The Morgan fingerprint density at radius 2 is 1.67 bits per heavy atom. The summed E-state index contributed by atoms with van der Waals surface area (Å²) >= 11 is 0. The zero-order chi connectivity index (χ0) is 32.9.